The second-order valence-corrected chi connectivity index (χ2v) is 29.5. The van der Waals surface area contributed by atoms with Crippen LogP contribution in [-0.2, 0) is 10.8 Å². The van der Waals surface area contributed by atoms with Gasteiger partial charge in [-0.05, 0) is 163 Å². The highest BCUT2D eigenvalue weighted by atomic mass is 32.1. The van der Waals surface area contributed by atoms with Crippen LogP contribution in [0.25, 0.3) is 70.0 Å². The van der Waals surface area contributed by atoms with E-state index in [4.69, 9.17) is 9.72 Å². The first-order chi connectivity index (χ1) is 40.9. The fraction of sp³-hybridized carbons (Fsp3) is 0.338. The molecule has 0 amide bonds. The number of rotatable bonds is 13. The van der Waals surface area contributed by atoms with Crippen LogP contribution in [0.4, 0.5) is 22.7 Å². The number of fused-ring (bicyclic) bond motifs is 8. The number of ether oxygens (including phenoxy) is 1. The first kappa shape index (κ1) is 58.7. The lowest BCUT2D eigenvalue weighted by molar-refractivity contribution is 0.479. The Labute approximate surface area is 516 Å². The number of hydrogen-bond acceptors (Lipinski definition) is 5. The van der Waals surface area contributed by atoms with Crippen LogP contribution in [0.3, 0.4) is 0 Å². The third-order valence-electron chi connectivity index (χ3n) is 18.2. The molecule has 86 heavy (non-hydrogen) atoms. The van der Waals surface area contributed by atoms with E-state index in [0.717, 1.165) is 34.0 Å². The zero-order valence-electron chi connectivity index (χ0n) is 54.3. The van der Waals surface area contributed by atoms with Crippen molar-refractivity contribution in [2.75, 3.05) is 16.5 Å². The van der Waals surface area contributed by atoms with Gasteiger partial charge < -0.3 is 14.5 Å². The van der Waals surface area contributed by atoms with Crippen molar-refractivity contribution in [1.29, 1.82) is 0 Å². The molecular formula is C80H88N4OS. The van der Waals surface area contributed by atoms with E-state index in [1.54, 1.807) is 0 Å². The lowest BCUT2D eigenvalue weighted by atomic mass is 9.78. The summed E-state index contributed by atoms with van der Waals surface area (Å²) in [5.41, 5.74) is 22.9. The lowest BCUT2D eigenvalue weighted by Gasteiger charge is -2.32. The predicted octanol–water partition coefficient (Wildman–Crippen LogP) is 24.3. The maximum Gasteiger partial charge on any atom is 0.137 e. The molecule has 440 valence electrons. The Morgan fingerprint density at radius 1 is 0.453 bits per heavy atom. The molecule has 0 bridgehead atoms. The molecule has 0 radical (unpaired) electrons. The Hall–Kier alpha value is -7.67. The van der Waals surface area contributed by atoms with Crippen molar-refractivity contribution in [3.05, 3.63) is 202 Å². The highest BCUT2D eigenvalue weighted by molar-refractivity contribution is 7.26. The molecule has 1 aliphatic heterocycles. The molecule has 0 fully saturated rings. The Bertz CT molecular complexity index is 4260. The smallest absolute Gasteiger partial charge is 0.137 e. The number of pyridine rings is 1. The molecule has 11 aromatic rings. The number of benzene rings is 8. The van der Waals surface area contributed by atoms with Gasteiger partial charge >= 0.3 is 0 Å². The van der Waals surface area contributed by atoms with E-state index >= 15 is 0 Å². The van der Waals surface area contributed by atoms with Crippen LogP contribution < -0.4 is 14.5 Å². The average Bonchev–Trinajstić information content (AvgIpc) is 1.53. The summed E-state index contributed by atoms with van der Waals surface area (Å²) in [7, 11) is 0. The van der Waals surface area contributed by atoms with Gasteiger partial charge in [-0.15, -0.1) is 11.3 Å². The topological polar surface area (TPSA) is 33.5 Å². The van der Waals surface area contributed by atoms with Crippen LogP contribution >= 0.6 is 11.3 Å². The number of para-hydroxylation sites is 3. The monoisotopic (exact) mass is 1150 g/mol. The van der Waals surface area contributed by atoms with E-state index in [-0.39, 0.29) is 10.8 Å². The van der Waals surface area contributed by atoms with Crippen molar-refractivity contribution in [2.45, 2.75) is 171 Å². The zero-order chi connectivity index (χ0) is 61.0. The molecule has 0 saturated heterocycles. The van der Waals surface area contributed by atoms with Gasteiger partial charge in [0, 0.05) is 66.1 Å². The van der Waals surface area contributed by atoms with E-state index in [1.807, 2.05) is 17.5 Å². The minimum atomic E-state index is -0.187. The third kappa shape index (κ3) is 10.4. The largest absolute Gasteiger partial charge is 0.457 e. The van der Waals surface area contributed by atoms with Gasteiger partial charge in [0.1, 0.15) is 24.0 Å². The summed E-state index contributed by atoms with van der Waals surface area (Å²) in [6, 6.07) is 57.8. The molecule has 0 atom stereocenters. The number of thiophene rings is 1. The standard InChI is InChI=1S/C80H88N4OS/c1-46(2)52-36-64(48(5)6)74(65(37-52)49(7)8)62-25-23-26-63(75-66(50(9)10)38-53(47(3)4)39-67(75)51(11)12)77(62)83-45-82(68-27-20-21-28-69(68)83)56-40-55(80(16,17)18)41-58(43-56)85-57-30-31-61-71(44-57)84(73-42-54(34-35-81-73)79(13,14)15)70-33-32-60-59-24-19-22-29-72(59)86-78(60)76(61)70/h19-44,46-51H,45H2,1-18H3. The van der Waals surface area contributed by atoms with Crippen molar-refractivity contribution in [2.24, 2.45) is 0 Å². The summed E-state index contributed by atoms with van der Waals surface area (Å²) >= 11 is 1.87. The normalized spacial score (nSPS) is 13.3. The highest BCUT2D eigenvalue weighted by Gasteiger charge is 2.35. The van der Waals surface area contributed by atoms with Gasteiger partial charge in [0.05, 0.1) is 28.1 Å². The third-order valence-corrected chi connectivity index (χ3v) is 19.5. The van der Waals surface area contributed by atoms with Gasteiger partial charge in [0.2, 0.25) is 0 Å². The summed E-state index contributed by atoms with van der Waals surface area (Å²) in [5, 5.41) is 5.00. The fourth-order valence-corrected chi connectivity index (χ4v) is 14.6. The summed E-state index contributed by atoms with van der Waals surface area (Å²) in [6.07, 6.45) is 1.97. The van der Waals surface area contributed by atoms with Gasteiger partial charge in [-0.1, -0.05) is 203 Å². The highest BCUT2D eigenvalue weighted by Crippen LogP contribution is 2.55. The molecule has 12 rings (SSSR count). The quantitative estimate of drug-likeness (QED) is 0.115. The molecule has 0 aliphatic carbocycles. The Balaban J connectivity index is 1.05. The molecule has 1 aliphatic rings. The number of aromatic nitrogens is 2. The van der Waals surface area contributed by atoms with Crippen LogP contribution in [0.2, 0.25) is 0 Å². The van der Waals surface area contributed by atoms with Crippen LogP contribution in [0.1, 0.15) is 205 Å². The van der Waals surface area contributed by atoms with Gasteiger partial charge in [-0.3, -0.25) is 4.57 Å². The minimum Gasteiger partial charge on any atom is -0.457 e. The van der Waals surface area contributed by atoms with Crippen molar-refractivity contribution in [1.82, 2.24) is 9.55 Å². The summed E-state index contributed by atoms with van der Waals surface area (Å²) in [6.45, 7) is 42.8. The molecule has 3 aromatic heterocycles. The van der Waals surface area contributed by atoms with E-state index in [2.05, 4.69) is 291 Å². The van der Waals surface area contributed by atoms with Crippen LogP contribution in [-0.4, -0.2) is 16.2 Å². The maximum atomic E-state index is 7.30. The van der Waals surface area contributed by atoms with E-state index in [1.165, 1.54) is 115 Å². The average molecular weight is 1150 g/mol. The zero-order valence-corrected chi connectivity index (χ0v) is 55.1. The first-order valence-electron chi connectivity index (χ1n) is 31.7. The molecule has 0 unspecified atom stereocenters. The number of anilines is 4. The number of nitrogens with zero attached hydrogens (tertiary/aromatic N) is 4. The molecule has 0 spiro atoms. The van der Waals surface area contributed by atoms with Gasteiger partial charge in [0.25, 0.3) is 0 Å². The lowest BCUT2D eigenvalue weighted by Crippen LogP contribution is -2.26. The van der Waals surface area contributed by atoms with Crippen molar-refractivity contribution in [3.8, 4) is 39.6 Å². The molecular weight excluding hydrogens is 1060 g/mol. The summed E-state index contributed by atoms with van der Waals surface area (Å²) in [4.78, 5) is 10.3. The number of hydrogen-bond donors (Lipinski definition) is 0. The van der Waals surface area contributed by atoms with Crippen LogP contribution in [0.5, 0.6) is 11.5 Å². The van der Waals surface area contributed by atoms with Crippen molar-refractivity contribution in [3.63, 3.8) is 0 Å². The minimum absolute atomic E-state index is 0.0553. The first-order valence-corrected chi connectivity index (χ1v) is 32.5. The van der Waals surface area contributed by atoms with Crippen LogP contribution in [0.15, 0.2) is 158 Å². The predicted molar refractivity (Wildman–Crippen MR) is 373 cm³/mol. The molecule has 4 heterocycles. The Kier molecular flexibility index (Phi) is 15.2. The van der Waals surface area contributed by atoms with E-state index < -0.39 is 0 Å². The maximum absolute atomic E-state index is 7.30. The van der Waals surface area contributed by atoms with Gasteiger partial charge in [0.15, 0.2) is 0 Å². The van der Waals surface area contributed by atoms with Gasteiger partial charge in [-0.2, -0.15) is 0 Å². The molecule has 0 saturated carbocycles. The molecule has 0 N–H and O–H groups in total. The van der Waals surface area contributed by atoms with Crippen molar-refractivity contribution < 1.29 is 4.74 Å². The fourth-order valence-electron chi connectivity index (χ4n) is 13.3. The molecule has 5 nitrogen and oxygen atoms in total. The Morgan fingerprint density at radius 2 is 1.00 bits per heavy atom. The summed E-state index contributed by atoms with van der Waals surface area (Å²) in [5.74, 6) is 4.51. The van der Waals surface area contributed by atoms with Crippen molar-refractivity contribution >= 4 is 76.1 Å². The second-order valence-electron chi connectivity index (χ2n) is 28.4. The second kappa shape index (κ2) is 22.2. The summed E-state index contributed by atoms with van der Waals surface area (Å²) < 4.78 is 12.2. The SMILES string of the molecule is CC(C)c1cc(C(C)C)c(-c2cccc(-c3c(C(C)C)cc(C(C)C)cc3C(C)C)c2N2CN(c3cc(Oc4ccc5c6c7sc8ccccc8c7ccc6n(-c6cc(C(C)(C)C)ccn6)c5c4)cc(C(C)(C)C)c3)c3ccccc32)c(C(C)C)c1. The van der Waals surface area contributed by atoms with E-state index in [0.29, 0.717) is 42.2 Å². The van der Waals surface area contributed by atoms with E-state index in [9.17, 15) is 0 Å². The molecule has 6 heteroatoms. The van der Waals surface area contributed by atoms with Crippen LogP contribution in [0, 0.1) is 0 Å². The van der Waals surface area contributed by atoms with Gasteiger partial charge in [-0.25, -0.2) is 4.98 Å². The Morgan fingerprint density at radius 3 is 1.56 bits per heavy atom. The molecule has 8 aromatic carbocycles.